The fraction of sp³-hybridized carbons (Fsp3) is 0.118. The topological polar surface area (TPSA) is 105 Å². The van der Waals surface area contributed by atoms with Gasteiger partial charge in [0.05, 0.1) is 16.8 Å². The van der Waals surface area contributed by atoms with E-state index in [2.05, 4.69) is 10.3 Å². The molecule has 1 aromatic heterocycles. The van der Waals surface area contributed by atoms with Crippen LogP contribution in [0.1, 0.15) is 10.4 Å². The number of para-hydroxylation sites is 1. The van der Waals surface area contributed by atoms with Crippen LogP contribution in [0.4, 0.5) is 11.4 Å². The molecule has 126 valence electrons. The third kappa shape index (κ3) is 2.53. The van der Waals surface area contributed by atoms with E-state index in [1.807, 2.05) is 0 Å². The Labute approximate surface area is 141 Å². The van der Waals surface area contributed by atoms with E-state index in [0.29, 0.717) is 22.6 Å². The van der Waals surface area contributed by atoms with Crippen LogP contribution in [0.5, 0.6) is 5.75 Å². The Hall–Kier alpha value is -3.55. The van der Waals surface area contributed by atoms with Crippen molar-refractivity contribution in [2.75, 3.05) is 23.9 Å². The number of benzene rings is 2. The number of carbonyl (C=O) groups is 2. The van der Waals surface area contributed by atoms with Gasteiger partial charge in [-0.3, -0.25) is 14.6 Å². The van der Waals surface area contributed by atoms with Gasteiger partial charge < -0.3 is 19.4 Å². The number of carbonyl (C=O) groups excluding carboxylic acids is 2. The van der Waals surface area contributed by atoms with Gasteiger partial charge in [-0.25, -0.2) is 4.79 Å². The second-order valence-electron chi connectivity index (χ2n) is 5.57. The SMILES string of the molecule is CN1C(=O)COc2ccc(NC(=O)c3cccc4[nH]c(=O)oc34)cc21. The lowest BCUT2D eigenvalue weighted by Crippen LogP contribution is -2.35. The molecule has 1 aliphatic heterocycles. The first-order chi connectivity index (χ1) is 12.0. The number of hydrogen-bond donors (Lipinski definition) is 2. The highest BCUT2D eigenvalue weighted by Crippen LogP contribution is 2.33. The van der Waals surface area contributed by atoms with Crippen LogP contribution in [0, 0.1) is 0 Å². The third-order valence-corrected chi connectivity index (χ3v) is 3.99. The number of hydrogen-bond acceptors (Lipinski definition) is 5. The Morgan fingerprint density at radius 3 is 2.92 bits per heavy atom. The molecular formula is C17H13N3O5. The minimum Gasteiger partial charge on any atom is -0.482 e. The molecule has 4 rings (SSSR count). The van der Waals surface area contributed by atoms with Crippen LogP contribution in [-0.2, 0) is 4.79 Å². The highest BCUT2D eigenvalue weighted by molar-refractivity contribution is 6.11. The Balaban J connectivity index is 1.67. The van der Waals surface area contributed by atoms with Crippen molar-refractivity contribution >= 4 is 34.3 Å². The number of nitrogens with zero attached hydrogens (tertiary/aromatic N) is 1. The van der Waals surface area contributed by atoms with Crippen molar-refractivity contribution in [1.29, 1.82) is 0 Å². The standard InChI is InChI=1S/C17H13N3O5/c1-20-12-7-9(5-6-13(12)24-8-14(20)21)18-16(22)10-3-2-4-11-15(10)25-17(23)19-11/h2-7H,8H2,1H3,(H,18,22)(H,19,23). The van der Waals surface area contributed by atoms with E-state index in [9.17, 15) is 14.4 Å². The lowest BCUT2D eigenvalue weighted by Gasteiger charge is -2.26. The lowest BCUT2D eigenvalue weighted by atomic mass is 10.1. The number of H-pyrrole nitrogens is 1. The number of oxazole rings is 1. The summed E-state index contributed by atoms with van der Waals surface area (Å²) in [4.78, 5) is 39.6. The van der Waals surface area contributed by atoms with Gasteiger partial charge in [-0.05, 0) is 30.3 Å². The highest BCUT2D eigenvalue weighted by Gasteiger charge is 2.23. The summed E-state index contributed by atoms with van der Waals surface area (Å²) >= 11 is 0. The van der Waals surface area contributed by atoms with Crippen molar-refractivity contribution in [3.05, 3.63) is 52.5 Å². The van der Waals surface area contributed by atoms with Crippen LogP contribution >= 0.6 is 0 Å². The van der Waals surface area contributed by atoms with Gasteiger partial charge >= 0.3 is 5.76 Å². The number of ether oxygens (including phenoxy) is 1. The van der Waals surface area contributed by atoms with Crippen LogP contribution in [0.25, 0.3) is 11.1 Å². The highest BCUT2D eigenvalue weighted by atomic mass is 16.5. The molecule has 2 aromatic carbocycles. The van der Waals surface area contributed by atoms with E-state index in [4.69, 9.17) is 9.15 Å². The monoisotopic (exact) mass is 339 g/mol. The summed E-state index contributed by atoms with van der Waals surface area (Å²) in [5, 5.41) is 2.74. The molecule has 0 spiro atoms. The van der Waals surface area contributed by atoms with Gasteiger partial charge in [0.25, 0.3) is 11.8 Å². The van der Waals surface area contributed by atoms with E-state index in [1.165, 1.54) is 4.90 Å². The molecule has 8 nitrogen and oxygen atoms in total. The van der Waals surface area contributed by atoms with E-state index in [0.717, 1.165) is 0 Å². The number of aromatic amines is 1. The number of rotatable bonds is 2. The largest absolute Gasteiger partial charge is 0.482 e. The molecular weight excluding hydrogens is 326 g/mol. The summed E-state index contributed by atoms with van der Waals surface area (Å²) in [6.07, 6.45) is 0. The molecule has 3 aromatic rings. The summed E-state index contributed by atoms with van der Waals surface area (Å²) in [5.74, 6) is -0.658. The zero-order chi connectivity index (χ0) is 17.6. The maximum Gasteiger partial charge on any atom is 0.417 e. The van der Waals surface area contributed by atoms with E-state index in [-0.39, 0.29) is 23.7 Å². The molecule has 0 saturated carbocycles. The van der Waals surface area contributed by atoms with E-state index < -0.39 is 11.7 Å². The first-order valence-corrected chi connectivity index (χ1v) is 7.49. The molecule has 8 heteroatoms. The van der Waals surface area contributed by atoms with Gasteiger partial charge in [-0.2, -0.15) is 0 Å². The summed E-state index contributed by atoms with van der Waals surface area (Å²) < 4.78 is 10.4. The Morgan fingerprint density at radius 2 is 2.08 bits per heavy atom. The van der Waals surface area contributed by atoms with Crippen molar-refractivity contribution in [3.8, 4) is 5.75 Å². The zero-order valence-corrected chi connectivity index (χ0v) is 13.2. The molecule has 0 saturated heterocycles. The van der Waals surface area contributed by atoms with E-state index >= 15 is 0 Å². The first kappa shape index (κ1) is 15.0. The van der Waals surface area contributed by atoms with E-state index in [1.54, 1.807) is 43.4 Å². The molecule has 1 aliphatic rings. The van der Waals surface area contributed by atoms with Crippen molar-refractivity contribution < 1.29 is 18.7 Å². The summed E-state index contributed by atoms with van der Waals surface area (Å²) in [6.45, 7) is -0.0102. The minimum absolute atomic E-state index is 0.0102. The van der Waals surface area contributed by atoms with Crippen LogP contribution < -0.4 is 20.7 Å². The molecule has 0 unspecified atom stereocenters. The number of likely N-dealkylation sites (N-methyl/N-ethyl adjacent to an activating group) is 1. The molecule has 0 fully saturated rings. The predicted octanol–water partition coefficient (Wildman–Crippen LogP) is 1.73. The molecule has 2 N–H and O–H groups in total. The summed E-state index contributed by atoms with van der Waals surface area (Å²) in [5.41, 5.74) is 1.93. The summed E-state index contributed by atoms with van der Waals surface area (Å²) in [6, 6.07) is 9.87. The van der Waals surface area contributed by atoms with Gasteiger partial charge in [-0.15, -0.1) is 0 Å². The molecule has 0 aliphatic carbocycles. The third-order valence-electron chi connectivity index (χ3n) is 3.99. The van der Waals surface area contributed by atoms with Crippen molar-refractivity contribution in [1.82, 2.24) is 4.98 Å². The quantitative estimate of drug-likeness (QED) is 0.740. The minimum atomic E-state index is -0.624. The van der Waals surface area contributed by atoms with Crippen molar-refractivity contribution in [3.63, 3.8) is 0 Å². The number of amides is 2. The van der Waals surface area contributed by atoms with Gasteiger partial charge in [-0.1, -0.05) is 6.07 Å². The predicted molar refractivity (Wildman–Crippen MR) is 90.1 cm³/mol. The smallest absolute Gasteiger partial charge is 0.417 e. The number of fused-ring (bicyclic) bond motifs is 2. The van der Waals surface area contributed by atoms with Gasteiger partial charge in [0, 0.05) is 12.7 Å². The summed E-state index contributed by atoms with van der Waals surface area (Å²) in [7, 11) is 1.64. The first-order valence-electron chi connectivity index (χ1n) is 7.49. The second-order valence-corrected chi connectivity index (χ2v) is 5.57. The Kier molecular flexibility index (Phi) is 3.31. The Morgan fingerprint density at radius 1 is 1.24 bits per heavy atom. The number of anilines is 2. The average Bonchev–Trinajstić information content (AvgIpc) is 2.98. The molecule has 0 bridgehead atoms. The van der Waals surface area contributed by atoms with Crippen LogP contribution in [0.15, 0.2) is 45.6 Å². The van der Waals surface area contributed by atoms with Crippen molar-refractivity contribution in [2.24, 2.45) is 0 Å². The number of nitrogens with one attached hydrogen (secondary N) is 2. The lowest BCUT2D eigenvalue weighted by molar-refractivity contribution is -0.120. The number of aromatic nitrogens is 1. The zero-order valence-electron chi connectivity index (χ0n) is 13.2. The van der Waals surface area contributed by atoms with Gasteiger partial charge in [0.2, 0.25) is 0 Å². The average molecular weight is 339 g/mol. The van der Waals surface area contributed by atoms with Crippen LogP contribution in [0.2, 0.25) is 0 Å². The molecule has 0 atom stereocenters. The fourth-order valence-electron chi connectivity index (χ4n) is 2.70. The maximum absolute atomic E-state index is 12.6. The van der Waals surface area contributed by atoms with Crippen LogP contribution in [-0.4, -0.2) is 30.5 Å². The fourth-order valence-corrected chi connectivity index (χ4v) is 2.70. The maximum atomic E-state index is 12.6. The Bertz CT molecular complexity index is 1070. The van der Waals surface area contributed by atoms with Crippen LogP contribution in [0.3, 0.4) is 0 Å². The van der Waals surface area contributed by atoms with Gasteiger partial charge in [0.1, 0.15) is 5.75 Å². The molecule has 0 radical (unpaired) electrons. The van der Waals surface area contributed by atoms with Gasteiger partial charge in [0.15, 0.2) is 12.2 Å². The normalized spacial score (nSPS) is 13.5. The molecule has 2 amide bonds. The molecule has 25 heavy (non-hydrogen) atoms. The second kappa shape index (κ2) is 5.52. The van der Waals surface area contributed by atoms with Crippen molar-refractivity contribution in [2.45, 2.75) is 0 Å². The molecule has 2 heterocycles.